The number of rotatable bonds is 7. The zero-order chi connectivity index (χ0) is 19.1. The monoisotopic (exact) mass is 376 g/mol. The van der Waals surface area contributed by atoms with Crippen molar-refractivity contribution in [1.29, 1.82) is 5.26 Å². The van der Waals surface area contributed by atoms with Gasteiger partial charge in [-0.3, -0.25) is 10.1 Å². The number of benzene rings is 2. The predicted octanol–water partition coefficient (Wildman–Crippen LogP) is 5.15. The average Bonchev–Trinajstić information content (AvgIpc) is 3.16. The maximum Gasteiger partial charge on any atom is 0.258 e. The summed E-state index contributed by atoms with van der Waals surface area (Å²) < 4.78 is 0. The van der Waals surface area contributed by atoms with Crippen molar-refractivity contribution in [1.82, 2.24) is 4.98 Å². The zero-order valence-electron chi connectivity index (χ0n) is 15.0. The molecule has 0 saturated heterocycles. The van der Waals surface area contributed by atoms with Gasteiger partial charge in [0.1, 0.15) is 10.9 Å². The summed E-state index contributed by atoms with van der Waals surface area (Å²) in [4.78, 5) is 17.4. The van der Waals surface area contributed by atoms with Gasteiger partial charge in [0.2, 0.25) is 0 Å². The van der Waals surface area contributed by atoms with E-state index in [-0.39, 0.29) is 5.91 Å². The van der Waals surface area contributed by atoms with Crippen LogP contribution in [-0.4, -0.2) is 17.4 Å². The maximum absolute atomic E-state index is 12.8. The predicted molar refractivity (Wildman–Crippen MR) is 110 cm³/mol. The number of carbonyl (C=O) groups is 1. The Balaban J connectivity index is 1.90. The number of hydrogen-bond acceptors (Lipinski definition) is 5. The molecule has 3 rings (SSSR count). The van der Waals surface area contributed by atoms with Crippen LogP contribution in [-0.2, 0) is 0 Å². The lowest BCUT2D eigenvalue weighted by Crippen LogP contribution is -2.13. The highest BCUT2D eigenvalue weighted by Crippen LogP contribution is 2.28. The van der Waals surface area contributed by atoms with Gasteiger partial charge >= 0.3 is 0 Å². The van der Waals surface area contributed by atoms with E-state index in [0.29, 0.717) is 15.6 Å². The fourth-order valence-corrected chi connectivity index (χ4v) is 3.27. The Bertz CT molecular complexity index is 960. The lowest BCUT2D eigenvalue weighted by molar-refractivity contribution is 0.102. The Morgan fingerprint density at radius 3 is 2.74 bits per heavy atom. The topological polar surface area (TPSA) is 77.8 Å². The van der Waals surface area contributed by atoms with Crippen molar-refractivity contribution >= 4 is 28.1 Å². The number of anilines is 2. The molecule has 3 aromatic rings. The van der Waals surface area contributed by atoms with Gasteiger partial charge in [0.05, 0.1) is 6.20 Å². The van der Waals surface area contributed by atoms with Gasteiger partial charge < -0.3 is 5.32 Å². The number of carbonyl (C=O) groups excluding carboxylic acids is 1. The van der Waals surface area contributed by atoms with Crippen LogP contribution in [0.2, 0.25) is 0 Å². The highest BCUT2D eigenvalue weighted by atomic mass is 32.1. The third-order valence-corrected chi connectivity index (χ3v) is 4.86. The van der Waals surface area contributed by atoms with Gasteiger partial charge in [0, 0.05) is 17.8 Å². The molecule has 0 fully saturated rings. The molecule has 0 aliphatic carbocycles. The number of nitrogens with one attached hydrogen (secondary N) is 2. The normalized spacial score (nSPS) is 10.2. The van der Waals surface area contributed by atoms with E-state index in [2.05, 4.69) is 22.5 Å². The van der Waals surface area contributed by atoms with Gasteiger partial charge in [-0.15, -0.1) is 0 Å². The molecule has 6 heteroatoms. The van der Waals surface area contributed by atoms with E-state index >= 15 is 0 Å². The minimum Gasteiger partial charge on any atom is -0.385 e. The van der Waals surface area contributed by atoms with E-state index in [1.807, 2.05) is 54.6 Å². The number of hydrogen-bond donors (Lipinski definition) is 2. The van der Waals surface area contributed by atoms with Crippen LogP contribution >= 0.6 is 11.3 Å². The standard InChI is InChI=1S/C21H20N4OS/c1-2-3-11-23-16-9-10-18(19(12-16)15-7-5-4-6-8-15)20(26)25-21-24-14-17(13-22)27-21/h4-10,12,14,23H,2-3,11H2,1H3,(H,24,25,26). The van der Waals surface area contributed by atoms with E-state index in [0.717, 1.165) is 47.5 Å². The molecular formula is C21H20N4OS. The number of thiazole rings is 1. The van der Waals surface area contributed by atoms with Crippen LogP contribution in [0.15, 0.2) is 54.7 Å². The van der Waals surface area contributed by atoms with Gasteiger partial charge in [-0.1, -0.05) is 55.0 Å². The van der Waals surface area contributed by atoms with Crippen molar-refractivity contribution in [3.63, 3.8) is 0 Å². The SMILES string of the molecule is CCCCNc1ccc(C(=O)Nc2ncc(C#N)s2)c(-c2ccccc2)c1. The number of amides is 1. The second kappa shape index (κ2) is 8.97. The average molecular weight is 376 g/mol. The molecule has 0 unspecified atom stereocenters. The van der Waals surface area contributed by atoms with Gasteiger partial charge in [0.25, 0.3) is 5.91 Å². The molecule has 1 aromatic heterocycles. The van der Waals surface area contributed by atoms with Crippen LogP contribution < -0.4 is 10.6 Å². The maximum atomic E-state index is 12.8. The Kier molecular flexibility index (Phi) is 6.18. The van der Waals surface area contributed by atoms with Crippen molar-refractivity contribution in [2.75, 3.05) is 17.2 Å². The molecule has 0 atom stereocenters. The molecule has 0 bridgehead atoms. The fraction of sp³-hybridized carbons (Fsp3) is 0.190. The number of aromatic nitrogens is 1. The Hall–Kier alpha value is -3.17. The Morgan fingerprint density at radius 1 is 1.22 bits per heavy atom. The molecule has 0 spiro atoms. The smallest absolute Gasteiger partial charge is 0.258 e. The molecule has 2 N–H and O–H groups in total. The molecule has 0 aliphatic heterocycles. The van der Waals surface area contributed by atoms with Crippen molar-refractivity contribution in [3.8, 4) is 17.2 Å². The number of nitrogens with zero attached hydrogens (tertiary/aromatic N) is 2. The second-order valence-corrected chi connectivity index (χ2v) is 7.03. The summed E-state index contributed by atoms with van der Waals surface area (Å²) in [5.74, 6) is -0.243. The largest absolute Gasteiger partial charge is 0.385 e. The van der Waals surface area contributed by atoms with Gasteiger partial charge in [-0.05, 0) is 35.7 Å². The molecule has 27 heavy (non-hydrogen) atoms. The van der Waals surface area contributed by atoms with Crippen LogP contribution in [0.25, 0.3) is 11.1 Å². The summed E-state index contributed by atoms with van der Waals surface area (Å²) in [7, 11) is 0. The van der Waals surface area contributed by atoms with Crippen molar-refractivity contribution in [3.05, 3.63) is 65.2 Å². The van der Waals surface area contributed by atoms with Crippen LogP contribution in [0, 0.1) is 11.3 Å². The first-order valence-corrected chi connectivity index (χ1v) is 9.63. The molecule has 0 aliphatic rings. The Labute approximate surface area is 162 Å². The van der Waals surface area contributed by atoms with Crippen LogP contribution in [0.3, 0.4) is 0 Å². The van der Waals surface area contributed by atoms with Gasteiger partial charge in [0.15, 0.2) is 5.13 Å². The second-order valence-electron chi connectivity index (χ2n) is 6.00. The fourth-order valence-electron chi connectivity index (χ4n) is 2.67. The molecule has 136 valence electrons. The first-order valence-electron chi connectivity index (χ1n) is 8.82. The van der Waals surface area contributed by atoms with Crippen LogP contribution in [0.5, 0.6) is 0 Å². The zero-order valence-corrected chi connectivity index (χ0v) is 15.8. The van der Waals surface area contributed by atoms with Crippen molar-refractivity contribution in [2.24, 2.45) is 0 Å². The Morgan fingerprint density at radius 2 is 2.04 bits per heavy atom. The van der Waals surface area contributed by atoms with Crippen molar-refractivity contribution in [2.45, 2.75) is 19.8 Å². The molecule has 5 nitrogen and oxygen atoms in total. The summed E-state index contributed by atoms with van der Waals surface area (Å²) in [5, 5.41) is 15.5. The molecular weight excluding hydrogens is 356 g/mol. The van der Waals surface area contributed by atoms with Crippen LogP contribution in [0.4, 0.5) is 10.8 Å². The van der Waals surface area contributed by atoms with Crippen LogP contribution in [0.1, 0.15) is 35.0 Å². The highest BCUT2D eigenvalue weighted by molar-refractivity contribution is 7.16. The minimum atomic E-state index is -0.243. The molecule has 2 aromatic carbocycles. The van der Waals surface area contributed by atoms with E-state index < -0.39 is 0 Å². The third-order valence-electron chi connectivity index (χ3n) is 4.04. The molecule has 0 radical (unpaired) electrons. The van der Waals surface area contributed by atoms with E-state index in [1.165, 1.54) is 6.20 Å². The van der Waals surface area contributed by atoms with Gasteiger partial charge in [-0.25, -0.2) is 4.98 Å². The lowest BCUT2D eigenvalue weighted by Gasteiger charge is -2.13. The van der Waals surface area contributed by atoms with E-state index in [9.17, 15) is 4.79 Å². The molecule has 1 amide bonds. The summed E-state index contributed by atoms with van der Waals surface area (Å²) in [6, 6.07) is 17.6. The summed E-state index contributed by atoms with van der Waals surface area (Å²) in [6.45, 7) is 3.05. The van der Waals surface area contributed by atoms with Gasteiger partial charge in [-0.2, -0.15) is 5.26 Å². The quantitative estimate of drug-likeness (QED) is 0.559. The third kappa shape index (κ3) is 4.72. The summed E-state index contributed by atoms with van der Waals surface area (Å²) in [5.41, 5.74) is 3.38. The number of nitriles is 1. The molecule has 1 heterocycles. The summed E-state index contributed by atoms with van der Waals surface area (Å²) in [6.07, 6.45) is 3.67. The summed E-state index contributed by atoms with van der Waals surface area (Å²) >= 11 is 1.16. The first-order chi connectivity index (χ1) is 13.2. The van der Waals surface area contributed by atoms with E-state index in [4.69, 9.17) is 5.26 Å². The van der Waals surface area contributed by atoms with Crippen molar-refractivity contribution < 1.29 is 4.79 Å². The molecule has 0 saturated carbocycles. The highest BCUT2D eigenvalue weighted by Gasteiger charge is 2.15. The van der Waals surface area contributed by atoms with E-state index in [1.54, 1.807) is 0 Å². The minimum absolute atomic E-state index is 0.243. The lowest BCUT2D eigenvalue weighted by atomic mass is 9.98. The first kappa shape index (κ1) is 18.6. The number of unbranched alkanes of at least 4 members (excludes halogenated alkanes) is 1.